The average molecular weight is 504 g/mol. The van der Waals surface area contributed by atoms with Crippen LogP contribution in [-0.2, 0) is 21.9 Å². The number of hydrogen-bond acceptors (Lipinski definition) is 9. The molecule has 0 amide bonds. The summed E-state index contributed by atoms with van der Waals surface area (Å²) in [6, 6.07) is 4.03. The average Bonchev–Trinajstić information content (AvgIpc) is 3.22. The number of benzene rings is 1. The summed E-state index contributed by atoms with van der Waals surface area (Å²) >= 11 is 0. The Morgan fingerprint density at radius 2 is 2.17 bits per heavy atom. The summed E-state index contributed by atoms with van der Waals surface area (Å²) in [5.41, 5.74) is 5.08. The lowest BCUT2D eigenvalue weighted by atomic mass is 9.92. The second kappa shape index (κ2) is 9.06. The number of hydrogen-bond donors (Lipinski definition) is 1. The maximum atomic E-state index is 14.9. The van der Waals surface area contributed by atoms with Gasteiger partial charge < -0.3 is 15.0 Å². The molecule has 35 heavy (non-hydrogen) atoms. The largest absolute Gasteiger partial charge is 0.466 e. The number of aromatic nitrogens is 4. The van der Waals surface area contributed by atoms with Crippen molar-refractivity contribution >= 4 is 33.4 Å². The zero-order chi connectivity index (χ0) is 25.4. The minimum atomic E-state index is -2.81. The quantitative estimate of drug-likeness (QED) is 0.507. The molecule has 0 radical (unpaired) electrons. The van der Waals surface area contributed by atoms with E-state index in [9.17, 15) is 13.0 Å². The molecule has 10 nitrogen and oxygen atoms in total. The molecule has 3 aromatic rings. The van der Waals surface area contributed by atoms with Crippen LogP contribution >= 0.6 is 0 Å². The predicted molar refractivity (Wildman–Crippen MR) is 128 cm³/mol. The summed E-state index contributed by atoms with van der Waals surface area (Å²) in [6.45, 7) is 3.28. The van der Waals surface area contributed by atoms with E-state index in [1.54, 1.807) is 13.8 Å². The Balaban J connectivity index is 1.55. The van der Waals surface area contributed by atoms with E-state index in [0.717, 1.165) is 0 Å². The summed E-state index contributed by atoms with van der Waals surface area (Å²) in [5.74, 6) is 3.25. The fourth-order valence-corrected chi connectivity index (χ4v) is 5.19. The fourth-order valence-electron chi connectivity index (χ4n) is 3.51. The van der Waals surface area contributed by atoms with Gasteiger partial charge in [0.25, 0.3) is 5.89 Å². The van der Waals surface area contributed by atoms with Crippen LogP contribution in [0.4, 0.5) is 8.78 Å². The molecular formula is C22H23F2N7O3S. The van der Waals surface area contributed by atoms with E-state index in [-0.39, 0.29) is 41.3 Å². The topological polar surface area (TPSA) is 133 Å². The molecule has 0 aliphatic carbocycles. The number of rotatable bonds is 6. The van der Waals surface area contributed by atoms with Gasteiger partial charge in [-0.15, -0.1) is 0 Å². The summed E-state index contributed by atoms with van der Waals surface area (Å²) in [7, 11) is -1.29. The van der Waals surface area contributed by atoms with Crippen LogP contribution in [0.1, 0.15) is 35.5 Å². The van der Waals surface area contributed by atoms with Crippen LogP contribution in [0.15, 0.2) is 40.1 Å². The van der Waals surface area contributed by atoms with Crippen molar-refractivity contribution < 1.29 is 22.2 Å². The number of halogens is 2. The molecule has 0 spiro atoms. The lowest BCUT2D eigenvalue weighted by Crippen LogP contribution is -2.50. The van der Waals surface area contributed by atoms with Gasteiger partial charge in [0.05, 0.1) is 27.9 Å². The zero-order valence-electron chi connectivity index (χ0n) is 19.2. The third-order valence-electron chi connectivity index (χ3n) is 5.34. The fraction of sp³-hybridized carbons (Fsp3) is 0.273. The first-order valence-corrected chi connectivity index (χ1v) is 12.2. The van der Waals surface area contributed by atoms with E-state index in [0.29, 0.717) is 11.4 Å². The molecule has 13 heteroatoms. The minimum Gasteiger partial charge on any atom is -0.466 e. The second-order valence-electron chi connectivity index (χ2n) is 8.15. The van der Waals surface area contributed by atoms with Gasteiger partial charge in [-0.05, 0) is 43.5 Å². The van der Waals surface area contributed by atoms with Gasteiger partial charge in [-0.25, -0.2) is 28.0 Å². The zero-order valence-corrected chi connectivity index (χ0v) is 20.1. The highest BCUT2D eigenvalue weighted by Gasteiger charge is 2.38. The first-order valence-electron chi connectivity index (χ1n) is 10.3. The van der Waals surface area contributed by atoms with Crippen molar-refractivity contribution in [1.29, 1.82) is 0 Å². The van der Waals surface area contributed by atoms with Crippen LogP contribution in [-0.4, -0.2) is 53.3 Å². The number of nitrogens with zero attached hydrogens (tertiary/aromatic N) is 6. The van der Waals surface area contributed by atoms with Crippen molar-refractivity contribution in [3.63, 3.8) is 0 Å². The summed E-state index contributed by atoms with van der Waals surface area (Å²) < 4.78 is 54.2. The Kier molecular flexibility index (Phi) is 6.28. The Bertz CT molecular complexity index is 1420. The van der Waals surface area contributed by atoms with Crippen molar-refractivity contribution in [2.75, 3.05) is 12.8 Å². The van der Waals surface area contributed by atoms with Crippen LogP contribution in [0.2, 0.25) is 0 Å². The Morgan fingerprint density at radius 3 is 2.80 bits per heavy atom. The SMILES string of the molecule is C=S1(=O)C[C@@](C)(c2cc(/C=C(\F)c3cnc(OCc4nc(C)no4)cn3)ccc2F)N=C(N)N1C. The van der Waals surface area contributed by atoms with E-state index in [1.165, 1.54) is 48.0 Å². The number of aliphatic imine (C=N–C) groups is 1. The van der Waals surface area contributed by atoms with Crippen molar-refractivity contribution in [2.45, 2.75) is 26.0 Å². The molecule has 184 valence electrons. The number of guanidine groups is 1. The van der Waals surface area contributed by atoms with Gasteiger partial charge in [-0.3, -0.25) is 4.31 Å². The van der Waals surface area contributed by atoms with Crippen LogP contribution in [0, 0.1) is 12.7 Å². The highest BCUT2D eigenvalue weighted by molar-refractivity contribution is 7.98. The van der Waals surface area contributed by atoms with E-state index < -0.39 is 26.9 Å². The first kappa shape index (κ1) is 24.3. The molecule has 1 unspecified atom stereocenters. The highest BCUT2D eigenvalue weighted by Crippen LogP contribution is 2.34. The standard InChI is InChI=1S/C22H23F2N7O3S/c1-13-28-20(34-30-13)11-33-19-10-26-18(9-27-19)17(24)8-14-5-6-16(23)15(7-14)22(2)12-35(4,32)31(3)21(25)29-22/h5-10H,4,11-12H2,1-3H3,(H2,25,29)/b17-8-/t22-,35?/m0/s1. The molecule has 2 atom stereocenters. The molecule has 4 rings (SSSR count). The predicted octanol–water partition coefficient (Wildman–Crippen LogP) is 2.46. The smallest absolute Gasteiger partial charge is 0.264 e. The highest BCUT2D eigenvalue weighted by atomic mass is 32.2. The maximum Gasteiger partial charge on any atom is 0.264 e. The summed E-state index contributed by atoms with van der Waals surface area (Å²) in [6.07, 6.45) is 3.64. The summed E-state index contributed by atoms with van der Waals surface area (Å²) in [4.78, 5) is 16.4. The van der Waals surface area contributed by atoms with Gasteiger partial charge in [0.15, 0.2) is 18.3 Å². The molecule has 0 fully saturated rings. The molecule has 3 heterocycles. The minimum absolute atomic E-state index is 0.00720. The van der Waals surface area contributed by atoms with Gasteiger partial charge in [0.2, 0.25) is 11.8 Å². The summed E-state index contributed by atoms with van der Waals surface area (Å²) in [5, 5.41) is 3.65. The van der Waals surface area contributed by atoms with Gasteiger partial charge in [-0.1, -0.05) is 11.2 Å². The number of nitrogens with two attached hydrogens (primary N) is 1. The first-order chi connectivity index (χ1) is 16.5. The maximum absolute atomic E-state index is 14.9. The molecule has 1 aliphatic rings. The Labute approximate surface area is 200 Å². The third kappa shape index (κ3) is 5.14. The van der Waals surface area contributed by atoms with E-state index in [2.05, 4.69) is 31.0 Å². The van der Waals surface area contributed by atoms with Crippen LogP contribution in [0.25, 0.3) is 11.9 Å². The molecular weight excluding hydrogens is 480 g/mol. The third-order valence-corrected chi connectivity index (χ3v) is 7.54. The molecule has 0 saturated heterocycles. The van der Waals surface area contributed by atoms with E-state index in [1.807, 2.05) is 0 Å². The monoisotopic (exact) mass is 503 g/mol. The van der Waals surface area contributed by atoms with Gasteiger partial charge >= 0.3 is 0 Å². The van der Waals surface area contributed by atoms with E-state index >= 15 is 0 Å². The van der Waals surface area contributed by atoms with Crippen LogP contribution < -0.4 is 10.5 Å². The van der Waals surface area contributed by atoms with Crippen molar-refractivity contribution in [2.24, 2.45) is 10.7 Å². The molecule has 2 N–H and O–H groups in total. The molecule has 0 saturated carbocycles. The lowest BCUT2D eigenvalue weighted by Gasteiger charge is -2.37. The van der Waals surface area contributed by atoms with Crippen LogP contribution in [0.5, 0.6) is 5.88 Å². The van der Waals surface area contributed by atoms with E-state index in [4.69, 9.17) is 15.0 Å². The van der Waals surface area contributed by atoms with Gasteiger partial charge in [0, 0.05) is 12.6 Å². The van der Waals surface area contributed by atoms with Crippen molar-refractivity contribution in [3.05, 3.63) is 64.9 Å². The second-order valence-corrected chi connectivity index (χ2v) is 10.5. The Hall–Kier alpha value is -3.87. The van der Waals surface area contributed by atoms with Crippen LogP contribution in [0.3, 0.4) is 0 Å². The normalized spacial score (nSPS) is 22.7. The number of aryl methyl sites for hydroxylation is 1. The molecule has 2 aromatic heterocycles. The number of ether oxygens (including phenoxy) is 1. The van der Waals surface area contributed by atoms with Crippen molar-refractivity contribution in [1.82, 2.24) is 24.4 Å². The Morgan fingerprint density at radius 1 is 1.40 bits per heavy atom. The molecule has 0 bridgehead atoms. The molecule has 1 aliphatic heterocycles. The van der Waals surface area contributed by atoms with Gasteiger partial charge in [0.1, 0.15) is 17.1 Å². The van der Waals surface area contributed by atoms with Crippen molar-refractivity contribution in [3.8, 4) is 5.88 Å². The van der Waals surface area contributed by atoms with Gasteiger partial charge in [-0.2, -0.15) is 4.98 Å². The lowest BCUT2D eigenvalue weighted by molar-refractivity contribution is 0.234. The molecule has 1 aromatic carbocycles.